The molecule has 2 heterocycles. The molecule has 0 radical (unpaired) electrons. The Kier molecular flexibility index (Phi) is 4.10. The molecule has 104 valence electrons. The van der Waals surface area contributed by atoms with Gasteiger partial charge in [-0.2, -0.15) is 0 Å². The average Bonchev–Trinajstić information content (AvgIpc) is 2.66. The third-order valence-corrected chi connectivity index (χ3v) is 5.26. The standard InChI is InChI=1S/C12H15ClN2O3S/c1-8-4-11(13)10(6-14-8)12(16)15-5-9-2-3-19(17,18)7-9/h4,6,9H,2-3,5,7H2,1H3,(H,15,16). The first-order chi connectivity index (χ1) is 8.87. The lowest BCUT2D eigenvalue weighted by molar-refractivity contribution is 0.0948. The molecule has 1 fully saturated rings. The monoisotopic (exact) mass is 302 g/mol. The molecule has 19 heavy (non-hydrogen) atoms. The maximum Gasteiger partial charge on any atom is 0.254 e. The summed E-state index contributed by atoms with van der Waals surface area (Å²) in [4.78, 5) is 15.9. The van der Waals surface area contributed by atoms with Crippen molar-refractivity contribution in [3.8, 4) is 0 Å². The normalized spacial score (nSPS) is 21.3. The Bertz CT molecular complexity index is 601. The summed E-state index contributed by atoms with van der Waals surface area (Å²) in [6.07, 6.45) is 2.03. The van der Waals surface area contributed by atoms with Crippen LogP contribution in [-0.2, 0) is 9.84 Å². The summed E-state index contributed by atoms with van der Waals surface area (Å²) in [5, 5.41) is 3.06. The number of aromatic nitrogens is 1. The Hall–Kier alpha value is -1.14. The lowest BCUT2D eigenvalue weighted by Crippen LogP contribution is -2.30. The Labute approximate surface area is 117 Å². The zero-order valence-electron chi connectivity index (χ0n) is 10.5. The molecule has 0 bridgehead atoms. The van der Waals surface area contributed by atoms with Gasteiger partial charge in [0, 0.05) is 18.4 Å². The Morgan fingerprint density at radius 2 is 2.32 bits per heavy atom. The third-order valence-electron chi connectivity index (χ3n) is 3.11. The van der Waals surface area contributed by atoms with Crippen molar-refractivity contribution in [1.82, 2.24) is 10.3 Å². The van der Waals surface area contributed by atoms with E-state index in [0.717, 1.165) is 5.69 Å². The molecule has 0 saturated carbocycles. The van der Waals surface area contributed by atoms with Crippen molar-refractivity contribution >= 4 is 27.3 Å². The van der Waals surface area contributed by atoms with Crippen molar-refractivity contribution in [2.75, 3.05) is 18.1 Å². The van der Waals surface area contributed by atoms with Crippen molar-refractivity contribution in [3.05, 3.63) is 28.5 Å². The van der Waals surface area contributed by atoms with Gasteiger partial charge in [-0.15, -0.1) is 0 Å². The molecule has 5 nitrogen and oxygen atoms in total. The number of nitrogens with zero attached hydrogens (tertiary/aromatic N) is 1. The zero-order valence-corrected chi connectivity index (χ0v) is 12.1. The molecule has 1 aliphatic rings. The number of halogens is 1. The first-order valence-electron chi connectivity index (χ1n) is 5.98. The third kappa shape index (κ3) is 3.67. The SMILES string of the molecule is Cc1cc(Cl)c(C(=O)NCC2CCS(=O)(=O)C2)cn1. The molecular formula is C12H15ClN2O3S. The number of hydrogen-bond donors (Lipinski definition) is 1. The van der Waals surface area contributed by atoms with Gasteiger partial charge < -0.3 is 5.32 Å². The van der Waals surface area contributed by atoms with Gasteiger partial charge in [0.1, 0.15) is 0 Å². The second-order valence-corrected chi connectivity index (χ2v) is 7.42. The van der Waals surface area contributed by atoms with E-state index in [-0.39, 0.29) is 23.3 Å². The van der Waals surface area contributed by atoms with Crippen molar-refractivity contribution in [1.29, 1.82) is 0 Å². The molecule has 1 aliphatic heterocycles. The van der Waals surface area contributed by atoms with Crippen LogP contribution in [0.15, 0.2) is 12.3 Å². The van der Waals surface area contributed by atoms with Gasteiger partial charge in [0.05, 0.1) is 22.1 Å². The highest BCUT2D eigenvalue weighted by Crippen LogP contribution is 2.18. The molecule has 1 aromatic heterocycles. The van der Waals surface area contributed by atoms with Crippen LogP contribution >= 0.6 is 11.6 Å². The second kappa shape index (κ2) is 5.46. The topological polar surface area (TPSA) is 76.1 Å². The highest BCUT2D eigenvalue weighted by Gasteiger charge is 2.28. The van der Waals surface area contributed by atoms with Gasteiger partial charge in [0.15, 0.2) is 9.84 Å². The number of hydrogen-bond acceptors (Lipinski definition) is 4. The van der Waals surface area contributed by atoms with E-state index in [0.29, 0.717) is 23.6 Å². The predicted molar refractivity (Wildman–Crippen MR) is 73.1 cm³/mol. The Morgan fingerprint density at radius 1 is 1.58 bits per heavy atom. The number of carbonyl (C=O) groups excluding carboxylic acids is 1. The number of sulfone groups is 1. The van der Waals surface area contributed by atoms with Crippen LogP contribution in [0.25, 0.3) is 0 Å². The Morgan fingerprint density at radius 3 is 2.89 bits per heavy atom. The molecule has 1 atom stereocenters. The van der Waals surface area contributed by atoms with E-state index in [4.69, 9.17) is 11.6 Å². The van der Waals surface area contributed by atoms with Crippen LogP contribution in [-0.4, -0.2) is 37.4 Å². The van der Waals surface area contributed by atoms with Gasteiger partial charge in [-0.05, 0) is 25.3 Å². The van der Waals surface area contributed by atoms with Gasteiger partial charge in [-0.1, -0.05) is 11.6 Å². The van der Waals surface area contributed by atoms with Crippen LogP contribution in [0.1, 0.15) is 22.5 Å². The van der Waals surface area contributed by atoms with Gasteiger partial charge in [-0.3, -0.25) is 9.78 Å². The lowest BCUT2D eigenvalue weighted by atomic mass is 10.1. The van der Waals surface area contributed by atoms with Crippen molar-refractivity contribution < 1.29 is 13.2 Å². The first-order valence-corrected chi connectivity index (χ1v) is 8.18. The van der Waals surface area contributed by atoms with Crippen LogP contribution in [0.3, 0.4) is 0 Å². The zero-order chi connectivity index (χ0) is 14.0. The van der Waals surface area contributed by atoms with Gasteiger partial charge in [0.25, 0.3) is 5.91 Å². The van der Waals surface area contributed by atoms with Crippen molar-refractivity contribution in [2.45, 2.75) is 13.3 Å². The molecule has 1 saturated heterocycles. The maximum atomic E-state index is 11.9. The molecule has 2 rings (SSSR count). The minimum atomic E-state index is -2.91. The molecule has 0 aromatic carbocycles. The molecular weight excluding hydrogens is 288 g/mol. The fraction of sp³-hybridized carbons (Fsp3) is 0.500. The van der Waals surface area contributed by atoms with Crippen LogP contribution in [0.5, 0.6) is 0 Å². The summed E-state index contributed by atoms with van der Waals surface area (Å²) in [7, 11) is -2.91. The van der Waals surface area contributed by atoms with Crippen LogP contribution in [0.2, 0.25) is 5.02 Å². The predicted octanol–water partition coefficient (Wildman–Crippen LogP) is 1.21. The van der Waals surface area contributed by atoms with E-state index < -0.39 is 9.84 Å². The van der Waals surface area contributed by atoms with Crippen molar-refractivity contribution in [3.63, 3.8) is 0 Å². The van der Waals surface area contributed by atoms with Gasteiger partial charge >= 0.3 is 0 Å². The molecule has 0 aliphatic carbocycles. The summed E-state index contributed by atoms with van der Waals surface area (Å²) in [5.41, 5.74) is 1.05. The highest BCUT2D eigenvalue weighted by atomic mass is 35.5. The number of rotatable bonds is 3. The molecule has 1 unspecified atom stereocenters. The number of carbonyl (C=O) groups is 1. The molecule has 1 aromatic rings. The van der Waals surface area contributed by atoms with E-state index >= 15 is 0 Å². The summed E-state index contributed by atoms with van der Waals surface area (Å²) in [5.74, 6) is 0.0287. The van der Waals surface area contributed by atoms with Crippen molar-refractivity contribution in [2.24, 2.45) is 5.92 Å². The van der Waals surface area contributed by atoms with Crippen LogP contribution < -0.4 is 5.32 Å². The van der Waals surface area contributed by atoms with E-state index in [9.17, 15) is 13.2 Å². The van der Waals surface area contributed by atoms with Gasteiger partial charge in [0.2, 0.25) is 0 Å². The number of nitrogens with one attached hydrogen (secondary N) is 1. The fourth-order valence-electron chi connectivity index (χ4n) is 2.06. The number of amides is 1. The Balaban J connectivity index is 1.95. The molecule has 0 spiro atoms. The molecule has 1 N–H and O–H groups in total. The van der Waals surface area contributed by atoms with E-state index in [2.05, 4.69) is 10.3 Å². The van der Waals surface area contributed by atoms with Gasteiger partial charge in [-0.25, -0.2) is 8.42 Å². The summed E-state index contributed by atoms with van der Waals surface area (Å²) in [6.45, 7) is 2.14. The molecule has 7 heteroatoms. The first kappa shape index (κ1) is 14.3. The summed E-state index contributed by atoms with van der Waals surface area (Å²) < 4.78 is 22.6. The largest absolute Gasteiger partial charge is 0.352 e. The second-order valence-electron chi connectivity index (χ2n) is 4.78. The van der Waals surface area contributed by atoms with E-state index in [1.54, 1.807) is 13.0 Å². The average molecular weight is 303 g/mol. The molecule has 1 amide bonds. The summed E-state index contributed by atoms with van der Waals surface area (Å²) >= 11 is 5.97. The number of aryl methyl sites for hydroxylation is 1. The fourth-order valence-corrected chi connectivity index (χ4v) is 4.21. The smallest absolute Gasteiger partial charge is 0.254 e. The maximum absolute atomic E-state index is 11.9. The summed E-state index contributed by atoms with van der Waals surface area (Å²) in [6, 6.07) is 1.62. The highest BCUT2D eigenvalue weighted by molar-refractivity contribution is 7.91. The minimum Gasteiger partial charge on any atom is -0.352 e. The van der Waals surface area contributed by atoms with Crippen LogP contribution in [0.4, 0.5) is 0 Å². The van der Waals surface area contributed by atoms with E-state index in [1.165, 1.54) is 6.20 Å². The van der Waals surface area contributed by atoms with Crippen LogP contribution in [0, 0.1) is 12.8 Å². The lowest BCUT2D eigenvalue weighted by Gasteiger charge is -2.10. The minimum absolute atomic E-state index is 0.00821. The van der Waals surface area contributed by atoms with E-state index in [1.807, 2.05) is 0 Å². The quantitative estimate of drug-likeness (QED) is 0.910. The number of pyridine rings is 1.